The van der Waals surface area contributed by atoms with Crippen LogP contribution >= 0.6 is 0 Å². The Bertz CT molecular complexity index is 347. The first-order valence-electron chi connectivity index (χ1n) is 4.20. The summed E-state index contributed by atoms with van der Waals surface area (Å²) in [5.74, 6) is 0.845. The van der Waals surface area contributed by atoms with Crippen molar-refractivity contribution in [1.29, 1.82) is 0 Å². The van der Waals surface area contributed by atoms with E-state index in [0.717, 1.165) is 0 Å². The smallest absolute Gasteiger partial charge is 0.119 e. The second kappa shape index (κ2) is 4.50. The predicted molar refractivity (Wildman–Crippen MR) is 53.3 cm³/mol. The first kappa shape index (κ1) is 10.4. The van der Waals surface area contributed by atoms with E-state index in [9.17, 15) is 5.11 Å². The fourth-order valence-corrected chi connectivity index (χ4v) is 1.14. The van der Waals surface area contributed by atoms with E-state index in [0.29, 0.717) is 23.4 Å². The number of benzene rings is 1. The number of phenols is 1. The highest BCUT2D eigenvalue weighted by Gasteiger charge is 2.04. The molecule has 0 fully saturated rings. The number of nitrogens with zero attached hydrogens (tertiary/aromatic N) is 1. The maximum Gasteiger partial charge on any atom is 0.119 e. The number of rotatable bonds is 3. The van der Waals surface area contributed by atoms with Crippen molar-refractivity contribution in [1.82, 2.24) is 0 Å². The zero-order valence-electron chi connectivity index (χ0n) is 8.19. The summed E-state index contributed by atoms with van der Waals surface area (Å²) in [4.78, 5) is 0. The number of methoxy groups -OCH3 is 1. The molecule has 0 unspecified atom stereocenters. The van der Waals surface area contributed by atoms with Gasteiger partial charge in [0.25, 0.3) is 0 Å². The molecule has 1 aromatic carbocycles. The lowest BCUT2D eigenvalue weighted by atomic mass is 10.1. The van der Waals surface area contributed by atoms with Gasteiger partial charge in [-0.25, -0.2) is 0 Å². The molecule has 0 atom stereocenters. The molecule has 1 rings (SSSR count). The second-order valence-electron chi connectivity index (χ2n) is 3.01. The molecular weight excluding hydrogens is 182 g/mol. The van der Waals surface area contributed by atoms with Gasteiger partial charge in [-0.1, -0.05) is 5.16 Å². The lowest BCUT2D eigenvalue weighted by molar-refractivity contribution is 0.317. The van der Waals surface area contributed by atoms with Crippen LogP contribution in [0.25, 0.3) is 0 Å². The van der Waals surface area contributed by atoms with Gasteiger partial charge in [-0.2, -0.15) is 0 Å². The second-order valence-corrected chi connectivity index (χ2v) is 3.01. The number of phenolic OH excluding ortho intramolecular Hbond substituents is 1. The Balaban J connectivity index is 2.95. The topological polar surface area (TPSA) is 62.0 Å². The zero-order chi connectivity index (χ0) is 10.6. The van der Waals surface area contributed by atoms with Crippen LogP contribution < -0.4 is 4.74 Å². The number of oxime groups is 1. The van der Waals surface area contributed by atoms with Crippen LogP contribution in [0.3, 0.4) is 0 Å². The van der Waals surface area contributed by atoms with Gasteiger partial charge in [0.1, 0.15) is 11.5 Å². The Hall–Kier alpha value is -1.71. The molecule has 14 heavy (non-hydrogen) atoms. The minimum Gasteiger partial charge on any atom is -0.508 e. The molecule has 0 aliphatic rings. The number of aromatic hydroxyl groups is 1. The molecule has 1 aromatic rings. The lowest BCUT2D eigenvalue weighted by Crippen LogP contribution is -1.98. The van der Waals surface area contributed by atoms with E-state index in [2.05, 4.69) is 5.16 Å². The van der Waals surface area contributed by atoms with E-state index >= 15 is 0 Å². The van der Waals surface area contributed by atoms with Gasteiger partial charge in [-0.05, 0) is 25.1 Å². The standard InChI is InChI=1S/C10H13NO3/c1-7(11-13)5-8-6-9(14-2)3-4-10(8)12/h3-4,6,12-13H,5H2,1-2H3/b11-7+. The molecule has 0 saturated carbocycles. The summed E-state index contributed by atoms with van der Waals surface area (Å²) < 4.78 is 5.01. The van der Waals surface area contributed by atoms with E-state index in [-0.39, 0.29) is 5.75 Å². The monoisotopic (exact) mass is 195 g/mol. The molecule has 76 valence electrons. The van der Waals surface area contributed by atoms with Gasteiger partial charge in [-0.15, -0.1) is 0 Å². The maximum atomic E-state index is 9.48. The normalized spacial score (nSPS) is 11.4. The van der Waals surface area contributed by atoms with Crippen LogP contribution in [-0.4, -0.2) is 23.1 Å². The quantitative estimate of drug-likeness (QED) is 0.439. The number of ether oxygens (including phenoxy) is 1. The van der Waals surface area contributed by atoms with Gasteiger partial charge < -0.3 is 15.1 Å². The number of hydrogen-bond donors (Lipinski definition) is 2. The summed E-state index contributed by atoms with van der Waals surface area (Å²) >= 11 is 0. The molecular formula is C10H13NO3. The Kier molecular flexibility index (Phi) is 3.34. The van der Waals surface area contributed by atoms with Crippen LogP contribution in [0.4, 0.5) is 0 Å². The Morgan fingerprint density at radius 1 is 1.50 bits per heavy atom. The van der Waals surface area contributed by atoms with E-state index in [1.54, 1.807) is 32.2 Å². The third-order valence-electron chi connectivity index (χ3n) is 1.90. The van der Waals surface area contributed by atoms with Crippen molar-refractivity contribution < 1.29 is 15.1 Å². The van der Waals surface area contributed by atoms with Gasteiger partial charge in [0.2, 0.25) is 0 Å². The summed E-state index contributed by atoms with van der Waals surface area (Å²) in [5.41, 5.74) is 1.22. The molecule has 0 spiro atoms. The SMILES string of the molecule is COc1ccc(O)c(C/C(C)=N/O)c1. The fraction of sp³-hybridized carbons (Fsp3) is 0.300. The van der Waals surface area contributed by atoms with Gasteiger partial charge in [0, 0.05) is 12.0 Å². The van der Waals surface area contributed by atoms with Crippen molar-refractivity contribution in [2.75, 3.05) is 7.11 Å². The fourth-order valence-electron chi connectivity index (χ4n) is 1.14. The first-order chi connectivity index (χ1) is 6.67. The van der Waals surface area contributed by atoms with E-state index < -0.39 is 0 Å². The summed E-state index contributed by atoms with van der Waals surface area (Å²) in [6, 6.07) is 4.94. The average molecular weight is 195 g/mol. The van der Waals surface area contributed by atoms with Crippen molar-refractivity contribution in [2.45, 2.75) is 13.3 Å². The largest absolute Gasteiger partial charge is 0.508 e. The molecule has 0 saturated heterocycles. The van der Waals surface area contributed by atoms with Crippen molar-refractivity contribution in [2.24, 2.45) is 5.16 Å². The molecule has 0 amide bonds. The van der Waals surface area contributed by atoms with Crippen molar-refractivity contribution >= 4 is 5.71 Å². The van der Waals surface area contributed by atoms with Crippen LogP contribution in [-0.2, 0) is 6.42 Å². The first-order valence-corrected chi connectivity index (χ1v) is 4.20. The van der Waals surface area contributed by atoms with E-state index in [1.165, 1.54) is 0 Å². The minimum atomic E-state index is 0.175. The van der Waals surface area contributed by atoms with Crippen LogP contribution in [0.1, 0.15) is 12.5 Å². The van der Waals surface area contributed by atoms with Gasteiger partial charge in [0.05, 0.1) is 12.8 Å². The van der Waals surface area contributed by atoms with Crippen LogP contribution in [0.15, 0.2) is 23.4 Å². The molecule has 0 aliphatic carbocycles. The van der Waals surface area contributed by atoms with E-state index in [4.69, 9.17) is 9.94 Å². The van der Waals surface area contributed by atoms with Crippen LogP contribution in [0, 0.1) is 0 Å². The number of hydrogen-bond acceptors (Lipinski definition) is 4. The van der Waals surface area contributed by atoms with Gasteiger partial charge >= 0.3 is 0 Å². The van der Waals surface area contributed by atoms with E-state index in [1.807, 2.05) is 0 Å². The molecule has 0 aliphatic heterocycles. The third kappa shape index (κ3) is 2.39. The minimum absolute atomic E-state index is 0.175. The van der Waals surface area contributed by atoms with Crippen LogP contribution in [0.5, 0.6) is 11.5 Å². The Labute approximate surface area is 82.4 Å². The zero-order valence-corrected chi connectivity index (χ0v) is 8.19. The lowest BCUT2D eigenvalue weighted by Gasteiger charge is -2.06. The average Bonchev–Trinajstić information content (AvgIpc) is 2.21. The molecule has 0 aromatic heterocycles. The van der Waals surface area contributed by atoms with Crippen molar-refractivity contribution in [3.8, 4) is 11.5 Å². The molecule has 4 heteroatoms. The molecule has 2 N–H and O–H groups in total. The van der Waals surface area contributed by atoms with Crippen molar-refractivity contribution in [3.63, 3.8) is 0 Å². The highest BCUT2D eigenvalue weighted by Crippen LogP contribution is 2.23. The highest BCUT2D eigenvalue weighted by atomic mass is 16.5. The predicted octanol–water partition coefficient (Wildman–Crippen LogP) is 1.79. The molecule has 0 heterocycles. The highest BCUT2D eigenvalue weighted by molar-refractivity contribution is 5.84. The van der Waals surface area contributed by atoms with Gasteiger partial charge in [-0.3, -0.25) is 0 Å². The third-order valence-corrected chi connectivity index (χ3v) is 1.90. The Morgan fingerprint density at radius 2 is 2.21 bits per heavy atom. The van der Waals surface area contributed by atoms with Gasteiger partial charge in [0.15, 0.2) is 0 Å². The summed E-state index contributed by atoms with van der Waals surface area (Å²) in [5, 5.41) is 21.0. The van der Waals surface area contributed by atoms with Crippen molar-refractivity contribution in [3.05, 3.63) is 23.8 Å². The maximum absolute atomic E-state index is 9.48. The summed E-state index contributed by atoms with van der Waals surface area (Å²) in [6.45, 7) is 1.68. The molecule has 0 radical (unpaired) electrons. The Morgan fingerprint density at radius 3 is 2.79 bits per heavy atom. The summed E-state index contributed by atoms with van der Waals surface area (Å²) in [7, 11) is 1.56. The molecule has 0 bridgehead atoms. The van der Waals surface area contributed by atoms with Crippen LogP contribution in [0.2, 0.25) is 0 Å². The molecule has 4 nitrogen and oxygen atoms in total. The summed E-state index contributed by atoms with van der Waals surface area (Å²) in [6.07, 6.45) is 0.402.